The second-order valence-corrected chi connectivity index (χ2v) is 9.10. The summed E-state index contributed by atoms with van der Waals surface area (Å²) in [5.74, 6) is 0.162. The highest BCUT2D eigenvalue weighted by Crippen LogP contribution is 2.30. The lowest BCUT2D eigenvalue weighted by atomic mass is 9.87. The molecule has 1 saturated heterocycles. The summed E-state index contributed by atoms with van der Waals surface area (Å²) >= 11 is 0. The monoisotopic (exact) mass is 486 g/mol. The number of aryl methyl sites for hydroxylation is 1. The lowest BCUT2D eigenvalue weighted by molar-refractivity contribution is -0.384. The van der Waals surface area contributed by atoms with Gasteiger partial charge in [-0.15, -0.1) is 12.4 Å². The molecule has 4 rings (SSSR count). The van der Waals surface area contributed by atoms with Crippen molar-refractivity contribution in [2.45, 2.75) is 51.0 Å². The summed E-state index contributed by atoms with van der Waals surface area (Å²) in [6.07, 6.45) is 6.89. The number of carbonyl (C=O) groups excluding carboxylic acids is 1. The van der Waals surface area contributed by atoms with E-state index in [2.05, 4.69) is 39.4 Å². The van der Waals surface area contributed by atoms with Crippen LogP contribution in [0.25, 0.3) is 0 Å². The van der Waals surface area contributed by atoms with Crippen molar-refractivity contribution in [3.63, 3.8) is 0 Å². The van der Waals surface area contributed by atoms with E-state index in [1.54, 1.807) is 12.1 Å². The number of unbranched alkanes of at least 4 members (excludes halogenated alkanes) is 2. The van der Waals surface area contributed by atoms with E-state index in [4.69, 9.17) is 0 Å². The molecule has 34 heavy (non-hydrogen) atoms. The fraction of sp³-hybridized carbons (Fsp3) is 0.500. The van der Waals surface area contributed by atoms with E-state index in [0.717, 1.165) is 71.2 Å². The number of halogens is 1. The normalized spacial score (nSPS) is 18.0. The third-order valence-corrected chi connectivity index (χ3v) is 6.87. The van der Waals surface area contributed by atoms with E-state index >= 15 is 0 Å². The van der Waals surface area contributed by atoms with E-state index in [9.17, 15) is 14.9 Å². The number of hydrogen-bond donors (Lipinski definition) is 1. The third kappa shape index (κ3) is 6.70. The number of fused-ring (bicyclic) bond motifs is 1. The quantitative estimate of drug-likeness (QED) is 0.310. The maximum Gasteiger partial charge on any atom is 0.292 e. The van der Waals surface area contributed by atoms with Gasteiger partial charge in [-0.1, -0.05) is 42.8 Å². The van der Waals surface area contributed by atoms with Gasteiger partial charge in [0, 0.05) is 38.7 Å². The Balaban J connectivity index is 0.00000324. The Kier molecular flexibility index (Phi) is 9.72. The van der Waals surface area contributed by atoms with Crippen molar-refractivity contribution in [1.82, 2.24) is 10.2 Å². The van der Waals surface area contributed by atoms with Gasteiger partial charge in [0.05, 0.1) is 11.0 Å². The van der Waals surface area contributed by atoms with Gasteiger partial charge in [-0.05, 0) is 55.8 Å². The zero-order chi connectivity index (χ0) is 23.0. The van der Waals surface area contributed by atoms with Gasteiger partial charge in [-0.3, -0.25) is 19.8 Å². The number of nitrogens with one attached hydrogen (secondary N) is 1. The number of rotatable bonds is 9. The largest absolute Gasteiger partial charge is 0.363 e. The summed E-state index contributed by atoms with van der Waals surface area (Å²) in [6.45, 7) is 4.44. The van der Waals surface area contributed by atoms with Gasteiger partial charge in [-0.2, -0.15) is 0 Å². The smallest absolute Gasteiger partial charge is 0.292 e. The van der Waals surface area contributed by atoms with Crippen LogP contribution in [-0.4, -0.2) is 48.5 Å². The molecule has 184 valence electrons. The third-order valence-electron chi connectivity index (χ3n) is 6.87. The zero-order valence-corrected chi connectivity index (χ0v) is 20.5. The number of piperazine rings is 1. The number of nitro groups is 1. The van der Waals surface area contributed by atoms with Gasteiger partial charge in [0.2, 0.25) is 5.91 Å². The van der Waals surface area contributed by atoms with E-state index < -0.39 is 0 Å². The maximum atomic E-state index is 12.5. The average Bonchev–Trinajstić information content (AvgIpc) is 2.84. The summed E-state index contributed by atoms with van der Waals surface area (Å²) in [6, 6.07) is 15.6. The average molecular weight is 487 g/mol. The predicted octanol–water partition coefficient (Wildman–Crippen LogP) is 4.89. The van der Waals surface area contributed by atoms with Crippen LogP contribution in [0, 0.1) is 10.1 Å². The van der Waals surface area contributed by atoms with E-state index in [-0.39, 0.29) is 35.0 Å². The highest BCUT2D eigenvalue weighted by atomic mass is 35.5. The number of carbonyl (C=O) groups is 1. The molecule has 7 nitrogen and oxygen atoms in total. The summed E-state index contributed by atoms with van der Waals surface area (Å²) < 4.78 is 0. The van der Waals surface area contributed by atoms with Crippen LogP contribution in [0.3, 0.4) is 0 Å². The summed E-state index contributed by atoms with van der Waals surface area (Å²) in [7, 11) is 0. The fourth-order valence-corrected chi connectivity index (χ4v) is 5.07. The first kappa shape index (κ1) is 26.0. The second kappa shape index (κ2) is 12.7. The summed E-state index contributed by atoms with van der Waals surface area (Å²) in [5, 5.41) is 14.5. The first-order valence-corrected chi connectivity index (χ1v) is 12.2. The Hall–Kier alpha value is -2.64. The Labute approximate surface area is 208 Å². The Bertz CT molecular complexity index is 963. The molecule has 1 amide bonds. The molecule has 0 saturated carbocycles. The Morgan fingerprint density at radius 2 is 1.74 bits per heavy atom. The lowest BCUT2D eigenvalue weighted by Gasteiger charge is -2.35. The number of hydrogen-bond acceptors (Lipinski definition) is 5. The highest BCUT2D eigenvalue weighted by Gasteiger charge is 2.23. The number of anilines is 1. The van der Waals surface area contributed by atoms with Gasteiger partial charge in [-0.25, -0.2) is 0 Å². The van der Waals surface area contributed by atoms with Crippen molar-refractivity contribution < 1.29 is 9.72 Å². The maximum absolute atomic E-state index is 12.5. The van der Waals surface area contributed by atoms with Crippen molar-refractivity contribution in [3.8, 4) is 0 Å². The topological polar surface area (TPSA) is 78.7 Å². The van der Waals surface area contributed by atoms with Gasteiger partial charge in [0.25, 0.3) is 5.69 Å². The standard InChI is InChI=1S/C26H34N4O3.ClH/c31-26(27-23-12-8-10-21-9-3-4-11-22(21)23)15-2-1-7-16-28-17-19-29(20-18-28)24-13-5-6-14-25(24)30(32)33;/h3-6,9,11,13-14,23H,1-2,7-8,10,12,15-20H2,(H,27,31);1H. The molecule has 0 bridgehead atoms. The van der Waals surface area contributed by atoms with Crippen molar-refractivity contribution in [1.29, 1.82) is 0 Å². The predicted molar refractivity (Wildman–Crippen MR) is 138 cm³/mol. The molecule has 1 heterocycles. The van der Waals surface area contributed by atoms with Crippen LogP contribution in [0.2, 0.25) is 0 Å². The second-order valence-electron chi connectivity index (χ2n) is 9.10. The minimum absolute atomic E-state index is 0. The number of benzene rings is 2. The molecule has 1 unspecified atom stereocenters. The van der Waals surface area contributed by atoms with E-state index in [1.807, 2.05) is 12.1 Å². The van der Waals surface area contributed by atoms with Gasteiger partial charge < -0.3 is 10.2 Å². The molecule has 1 aliphatic heterocycles. The Morgan fingerprint density at radius 1 is 1.00 bits per heavy atom. The van der Waals surface area contributed by atoms with Crippen molar-refractivity contribution >= 4 is 29.7 Å². The minimum Gasteiger partial charge on any atom is -0.363 e. The van der Waals surface area contributed by atoms with Crippen LogP contribution in [0.15, 0.2) is 48.5 Å². The molecule has 1 aliphatic carbocycles. The molecule has 0 spiro atoms. The van der Waals surface area contributed by atoms with Crippen LogP contribution in [0.4, 0.5) is 11.4 Å². The molecule has 0 aromatic heterocycles. The highest BCUT2D eigenvalue weighted by molar-refractivity contribution is 5.85. The van der Waals surface area contributed by atoms with E-state index in [1.165, 1.54) is 11.1 Å². The molecular weight excluding hydrogens is 452 g/mol. The molecule has 1 atom stereocenters. The molecule has 2 aromatic carbocycles. The molecule has 2 aliphatic rings. The Morgan fingerprint density at radius 3 is 2.53 bits per heavy atom. The van der Waals surface area contributed by atoms with Crippen LogP contribution in [-0.2, 0) is 11.2 Å². The number of nitrogens with zero attached hydrogens (tertiary/aromatic N) is 3. The first-order valence-electron chi connectivity index (χ1n) is 12.2. The summed E-state index contributed by atoms with van der Waals surface area (Å²) in [5.41, 5.74) is 3.56. The summed E-state index contributed by atoms with van der Waals surface area (Å²) in [4.78, 5) is 28.0. The fourth-order valence-electron chi connectivity index (χ4n) is 5.07. The van der Waals surface area contributed by atoms with Crippen LogP contribution >= 0.6 is 12.4 Å². The first-order chi connectivity index (χ1) is 16.1. The van der Waals surface area contributed by atoms with Crippen molar-refractivity contribution in [2.75, 3.05) is 37.6 Å². The molecular formula is C26H35ClN4O3. The molecule has 1 fully saturated rings. The van der Waals surface area contributed by atoms with Crippen molar-refractivity contribution in [2.24, 2.45) is 0 Å². The van der Waals surface area contributed by atoms with Crippen LogP contribution < -0.4 is 10.2 Å². The molecule has 8 heteroatoms. The van der Waals surface area contributed by atoms with Gasteiger partial charge in [0.15, 0.2) is 0 Å². The number of nitro benzene ring substituents is 1. The number of amides is 1. The van der Waals surface area contributed by atoms with Crippen LogP contribution in [0.5, 0.6) is 0 Å². The molecule has 0 radical (unpaired) electrons. The molecule has 1 N–H and O–H groups in total. The lowest BCUT2D eigenvalue weighted by Crippen LogP contribution is -2.46. The molecule has 2 aromatic rings. The minimum atomic E-state index is -0.301. The zero-order valence-electron chi connectivity index (χ0n) is 19.7. The van der Waals surface area contributed by atoms with Crippen molar-refractivity contribution in [3.05, 3.63) is 69.8 Å². The van der Waals surface area contributed by atoms with E-state index in [0.29, 0.717) is 12.1 Å². The van der Waals surface area contributed by atoms with Gasteiger partial charge in [0.1, 0.15) is 5.69 Å². The van der Waals surface area contributed by atoms with Gasteiger partial charge >= 0.3 is 0 Å². The van der Waals surface area contributed by atoms with Crippen LogP contribution in [0.1, 0.15) is 55.7 Å². The SMILES string of the molecule is Cl.O=C(CCCCCN1CCN(c2ccccc2[N+](=O)[O-])CC1)NC1CCCc2ccccc21. The number of para-hydroxylation sites is 2.